The highest BCUT2D eigenvalue weighted by Gasteiger charge is 2.84. The normalized spacial score (nSPS) is 34.1. The zero-order chi connectivity index (χ0) is 22.1. The van der Waals surface area contributed by atoms with Gasteiger partial charge in [-0.3, -0.25) is 4.79 Å². The van der Waals surface area contributed by atoms with E-state index >= 15 is 8.78 Å². The number of carbonyl (C=O) groups is 1. The number of alkyl halides is 6. The van der Waals surface area contributed by atoms with Gasteiger partial charge in [0.15, 0.2) is 0 Å². The molecule has 0 amide bonds. The molecule has 1 saturated carbocycles. The lowest BCUT2D eigenvalue weighted by Gasteiger charge is -2.51. The number of likely N-dealkylation sites (N-methyl/N-ethyl adjacent to an activating group) is 1. The zero-order valence-corrected chi connectivity index (χ0v) is 16.8. The Kier molecular flexibility index (Phi) is 3.41. The van der Waals surface area contributed by atoms with Gasteiger partial charge in [-0.1, -0.05) is 6.08 Å². The van der Waals surface area contributed by atoms with Crippen molar-refractivity contribution in [2.45, 2.75) is 41.9 Å². The Labute approximate surface area is 172 Å². The van der Waals surface area contributed by atoms with Gasteiger partial charge in [0, 0.05) is 35.0 Å². The molecule has 2 aliphatic carbocycles. The Hall–Kier alpha value is -2.16. The van der Waals surface area contributed by atoms with Gasteiger partial charge in [0.05, 0.1) is 10.3 Å². The molecule has 2 unspecified atom stereocenters. The number of aldehydes is 1. The lowest BCUT2D eigenvalue weighted by atomic mass is 9.66. The fourth-order valence-corrected chi connectivity index (χ4v) is 6.54. The number of thioether (sulfide) groups is 1. The second-order valence-corrected chi connectivity index (χ2v) is 9.57. The van der Waals surface area contributed by atoms with Crippen LogP contribution in [0.2, 0.25) is 0 Å². The lowest BCUT2D eigenvalue weighted by Crippen LogP contribution is -2.59. The summed E-state index contributed by atoms with van der Waals surface area (Å²) in [5.74, 6) is -15.7. The van der Waals surface area contributed by atoms with E-state index in [2.05, 4.69) is 0 Å². The van der Waals surface area contributed by atoms with Crippen molar-refractivity contribution in [1.29, 1.82) is 0 Å². The SMILES string of the molecule is CN1c2ccc(C=O)cc2C2=C3C(=C4C=CSC4(C)C21C)C(F)(F)C(F)(F)C3(F)F. The first kappa shape index (κ1) is 19.8. The largest absolute Gasteiger partial charge is 0.380 e. The molecule has 1 fully saturated rings. The summed E-state index contributed by atoms with van der Waals surface area (Å²) in [6, 6.07) is 4.30. The Morgan fingerprint density at radius 3 is 2.23 bits per heavy atom. The maximum absolute atomic E-state index is 15.1. The van der Waals surface area contributed by atoms with Crippen molar-refractivity contribution in [2.24, 2.45) is 0 Å². The van der Waals surface area contributed by atoms with Crippen LogP contribution >= 0.6 is 11.8 Å². The number of fused-ring (bicyclic) bond motifs is 6. The van der Waals surface area contributed by atoms with Crippen LogP contribution < -0.4 is 4.90 Å². The number of halogens is 6. The maximum Gasteiger partial charge on any atom is 0.380 e. The molecule has 0 radical (unpaired) electrons. The first-order valence-electron chi connectivity index (χ1n) is 9.10. The van der Waals surface area contributed by atoms with E-state index < -0.39 is 39.2 Å². The van der Waals surface area contributed by atoms with Crippen molar-refractivity contribution in [2.75, 3.05) is 11.9 Å². The van der Waals surface area contributed by atoms with Crippen molar-refractivity contribution in [1.82, 2.24) is 0 Å². The van der Waals surface area contributed by atoms with Gasteiger partial charge in [0.25, 0.3) is 0 Å². The van der Waals surface area contributed by atoms with E-state index in [1.54, 1.807) is 25.8 Å². The van der Waals surface area contributed by atoms with Crippen LogP contribution in [0.5, 0.6) is 0 Å². The molecule has 5 rings (SSSR count). The summed E-state index contributed by atoms with van der Waals surface area (Å²) in [7, 11) is 1.61. The summed E-state index contributed by atoms with van der Waals surface area (Å²) in [6.07, 6.45) is 1.73. The van der Waals surface area contributed by atoms with Gasteiger partial charge >= 0.3 is 17.8 Å². The van der Waals surface area contributed by atoms with E-state index in [1.165, 1.54) is 29.7 Å². The van der Waals surface area contributed by atoms with Gasteiger partial charge in [-0.25, -0.2) is 0 Å². The van der Waals surface area contributed by atoms with Crippen LogP contribution in [0.3, 0.4) is 0 Å². The maximum atomic E-state index is 15.1. The van der Waals surface area contributed by atoms with Gasteiger partial charge in [-0.05, 0) is 48.6 Å². The number of hydrogen-bond donors (Lipinski definition) is 0. The average molecular weight is 443 g/mol. The molecule has 0 aromatic heterocycles. The summed E-state index contributed by atoms with van der Waals surface area (Å²) >= 11 is 1.13. The molecular formula is C21H15F6NOS. The topological polar surface area (TPSA) is 20.3 Å². The molecule has 2 heterocycles. The van der Waals surface area contributed by atoms with E-state index in [1.807, 2.05) is 0 Å². The minimum atomic E-state index is -5.58. The van der Waals surface area contributed by atoms with Crippen LogP contribution in [-0.2, 0) is 0 Å². The lowest BCUT2D eigenvalue weighted by molar-refractivity contribution is -0.257. The van der Waals surface area contributed by atoms with Crippen LogP contribution in [0.25, 0.3) is 5.57 Å². The second kappa shape index (κ2) is 5.18. The van der Waals surface area contributed by atoms with Crippen LogP contribution in [0.4, 0.5) is 32.0 Å². The van der Waals surface area contributed by atoms with Crippen LogP contribution in [0.15, 0.2) is 46.4 Å². The van der Waals surface area contributed by atoms with Gasteiger partial charge in [-0.15, -0.1) is 11.8 Å². The molecular weight excluding hydrogens is 428 g/mol. The van der Waals surface area contributed by atoms with Crippen LogP contribution in [-0.4, -0.2) is 41.4 Å². The summed E-state index contributed by atoms with van der Waals surface area (Å²) < 4.78 is 87.9. The number of benzene rings is 1. The third-order valence-electron chi connectivity index (χ3n) is 7.11. The average Bonchev–Trinajstić information content (AvgIpc) is 3.20. The molecule has 2 atom stereocenters. The van der Waals surface area contributed by atoms with Crippen molar-refractivity contribution in [3.8, 4) is 0 Å². The molecule has 0 saturated heterocycles. The summed E-state index contributed by atoms with van der Waals surface area (Å²) in [6.45, 7) is 3.20. The molecule has 30 heavy (non-hydrogen) atoms. The monoisotopic (exact) mass is 443 g/mol. The number of carbonyl (C=O) groups excluding carboxylic acids is 1. The summed E-state index contributed by atoms with van der Waals surface area (Å²) in [5.41, 5.74) is -3.81. The molecule has 0 N–H and O–H groups in total. The molecule has 158 valence electrons. The predicted molar refractivity (Wildman–Crippen MR) is 103 cm³/mol. The third kappa shape index (κ3) is 1.70. The molecule has 9 heteroatoms. The first-order valence-corrected chi connectivity index (χ1v) is 9.98. The number of nitrogens with zero attached hydrogens (tertiary/aromatic N) is 1. The Morgan fingerprint density at radius 1 is 0.967 bits per heavy atom. The van der Waals surface area contributed by atoms with Gasteiger partial charge in [-0.2, -0.15) is 26.3 Å². The van der Waals surface area contributed by atoms with Gasteiger partial charge < -0.3 is 4.90 Å². The summed E-state index contributed by atoms with van der Waals surface area (Å²) in [5, 5.41) is 1.48. The number of anilines is 1. The van der Waals surface area contributed by atoms with E-state index in [0.29, 0.717) is 12.0 Å². The van der Waals surface area contributed by atoms with Gasteiger partial charge in [0.1, 0.15) is 6.29 Å². The van der Waals surface area contributed by atoms with Crippen LogP contribution in [0, 0.1) is 0 Å². The Bertz CT molecular complexity index is 1140. The highest BCUT2D eigenvalue weighted by atomic mass is 32.2. The highest BCUT2D eigenvalue weighted by Crippen LogP contribution is 2.73. The Morgan fingerprint density at radius 2 is 1.60 bits per heavy atom. The Balaban J connectivity index is 2.02. The fourth-order valence-electron chi connectivity index (χ4n) is 5.30. The predicted octanol–water partition coefficient (Wildman–Crippen LogP) is 5.71. The number of hydrogen-bond acceptors (Lipinski definition) is 3. The second-order valence-electron chi connectivity index (χ2n) is 8.24. The quantitative estimate of drug-likeness (QED) is 0.410. The van der Waals surface area contributed by atoms with Crippen molar-refractivity contribution >= 4 is 29.3 Å². The van der Waals surface area contributed by atoms with Gasteiger partial charge in [0.2, 0.25) is 0 Å². The zero-order valence-electron chi connectivity index (χ0n) is 16.0. The van der Waals surface area contributed by atoms with E-state index in [-0.39, 0.29) is 22.3 Å². The first-order chi connectivity index (χ1) is 13.8. The van der Waals surface area contributed by atoms with Crippen molar-refractivity contribution < 1.29 is 31.1 Å². The summed E-state index contributed by atoms with van der Waals surface area (Å²) in [4.78, 5) is 12.9. The van der Waals surface area contributed by atoms with Crippen LogP contribution in [0.1, 0.15) is 29.8 Å². The molecule has 4 aliphatic rings. The van der Waals surface area contributed by atoms with Crippen molar-refractivity contribution in [3.05, 3.63) is 57.5 Å². The third-order valence-corrected chi connectivity index (χ3v) is 8.47. The molecule has 2 aliphatic heterocycles. The molecule has 0 spiro atoms. The molecule has 2 nitrogen and oxygen atoms in total. The molecule has 0 bridgehead atoms. The van der Waals surface area contributed by atoms with E-state index in [4.69, 9.17) is 0 Å². The minimum absolute atomic E-state index is 0.0954. The molecule has 1 aromatic rings. The number of allylic oxidation sites excluding steroid dienone is 3. The molecule has 1 aromatic carbocycles. The van der Waals surface area contributed by atoms with E-state index in [9.17, 15) is 22.4 Å². The smallest absolute Gasteiger partial charge is 0.363 e. The van der Waals surface area contributed by atoms with E-state index in [0.717, 1.165) is 11.8 Å². The van der Waals surface area contributed by atoms with Crippen molar-refractivity contribution in [3.63, 3.8) is 0 Å². The fraction of sp³-hybridized carbons (Fsp3) is 0.381. The highest BCUT2D eigenvalue weighted by molar-refractivity contribution is 8.04. The standard InChI is InChI=1S/C21H15F6NOS/c1-17-14(11-8-10(9-29)4-5-13(11)28(17)3)16-15(12-6-7-30-18(12,17)2)19(22,23)21(26,27)20(16,24)25/h4-9H,1-3H3. The number of rotatable bonds is 1. The minimum Gasteiger partial charge on any atom is -0.363 e.